The normalized spacial score (nSPS) is 13.3. The van der Waals surface area contributed by atoms with Gasteiger partial charge in [-0.2, -0.15) is 0 Å². The summed E-state index contributed by atoms with van der Waals surface area (Å²) in [5.74, 6) is -0.842. The summed E-state index contributed by atoms with van der Waals surface area (Å²) in [5.41, 5.74) is 6.87. The van der Waals surface area contributed by atoms with Gasteiger partial charge in [0, 0.05) is 5.69 Å². The van der Waals surface area contributed by atoms with Gasteiger partial charge in [-0.1, -0.05) is 26.0 Å². The van der Waals surface area contributed by atoms with Crippen LogP contribution in [0.15, 0.2) is 24.3 Å². The number of hydrogen-bond acceptors (Lipinski definition) is 5. The summed E-state index contributed by atoms with van der Waals surface area (Å²) in [7, 11) is -3.27. The molecule has 0 aromatic heterocycles. The van der Waals surface area contributed by atoms with E-state index in [2.05, 4.69) is 10.6 Å². The molecule has 0 aliphatic heterocycles. The smallest absolute Gasteiger partial charge is 0.243 e. The highest BCUT2D eigenvalue weighted by Gasteiger charge is 2.28. The molecule has 0 aliphatic carbocycles. The summed E-state index contributed by atoms with van der Waals surface area (Å²) < 4.78 is 23.6. The maximum Gasteiger partial charge on any atom is 0.243 e. The molecule has 1 aromatic carbocycles. The summed E-state index contributed by atoms with van der Waals surface area (Å²) in [6.45, 7) is 8.46. The lowest BCUT2D eigenvalue weighted by atomic mass is 10.1. The number of hydrogen-bond donors (Lipinski definition) is 3. The lowest BCUT2D eigenvalue weighted by Gasteiger charge is -2.19. The van der Waals surface area contributed by atoms with Crippen molar-refractivity contribution in [1.82, 2.24) is 5.32 Å². The van der Waals surface area contributed by atoms with Crippen molar-refractivity contribution in [3.63, 3.8) is 0 Å². The van der Waals surface area contributed by atoms with Crippen molar-refractivity contribution < 1.29 is 18.0 Å². The van der Waals surface area contributed by atoms with Crippen LogP contribution >= 0.6 is 0 Å². The van der Waals surface area contributed by atoms with Crippen molar-refractivity contribution in [2.24, 2.45) is 11.7 Å². The van der Waals surface area contributed by atoms with E-state index >= 15 is 0 Å². The fraction of sp³-hybridized carbons (Fsp3) is 0.556. The molecular weight excluding hydrogens is 354 g/mol. The molecular formula is C18H29N3O4S. The Hall–Kier alpha value is -1.93. The molecule has 1 atom stereocenters. The summed E-state index contributed by atoms with van der Waals surface area (Å²) in [6, 6.07) is 5.92. The van der Waals surface area contributed by atoms with Crippen LogP contribution in [-0.4, -0.2) is 37.6 Å². The molecule has 0 saturated carbocycles. The Kier molecular flexibility index (Phi) is 7.35. The largest absolute Gasteiger partial charge is 0.346 e. The minimum absolute atomic E-state index is 0.0185. The first-order chi connectivity index (χ1) is 11.8. The summed E-state index contributed by atoms with van der Waals surface area (Å²) in [6.07, 6.45) is 0. The quantitative estimate of drug-likeness (QED) is 0.658. The van der Waals surface area contributed by atoms with Crippen molar-refractivity contribution in [3.8, 4) is 0 Å². The molecule has 1 rings (SSSR count). The van der Waals surface area contributed by atoms with Gasteiger partial charge in [-0.25, -0.2) is 8.42 Å². The zero-order chi connectivity index (χ0) is 20.1. The number of sulfone groups is 1. The average Bonchev–Trinajstić information content (AvgIpc) is 2.52. The number of carbonyl (C=O) groups is 2. The highest BCUT2D eigenvalue weighted by molar-refractivity contribution is 7.91. The van der Waals surface area contributed by atoms with Crippen LogP contribution in [0, 0.1) is 5.92 Å². The maximum atomic E-state index is 12.2. The first-order valence-electron chi connectivity index (χ1n) is 8.48. The Labute approximate surface area is 155 Å². The molecule has 0 radical (unpaired) electrons. The van der Waals surface area contributed by atoms with Gasteiger partial charge in [0.15, 0.2) is 9.84 Å². The van der Waals surface area contributed by atoms with Crippen LogP contribution in [0.3, 0.4) is 0 Å². The van der Waals surface area contributed by atoms with Crippen LogP contribution < -0.4 is 16.4 Å². The Morgan fingerprint density at radius 3 is 2.12 bits per heavy atom. The molecule has 0 fully saturated rings. The van der Waals surface area contributed by atoms with E-state index < -0.39 is 20.6 Å². The van der Waals surface area contributed by atoms with Crippen LogP contribution in [-0.2, 0) is 25.2 Å². The van der Waals surface area contributed by atoms with Crippen LogP contribution in [0.5, 0.6) is 0 Å². The molecule has 2 amide bonds. The van der Waals surface area contributed by atoms with E-state index in [1.165, 1.54) is 0 Å². The molecule has 0 saturated heterocycles. The zero-order valence-corrected chi connectivity index (χ0v) is 16.8. The van der Waals surface area contributed by atoms with Gasteiger partial charge in [-0.15, -0.1) is 0 Å². The van der Waals surface area contributed by atoms with Gasteiger partial charge in [0.1, 0.15) is 0 Å². The van der Waals surface area contributed by atoms with Crippen molar-refractivity contribution in [3.05, 3.63) is 29.8 Å². The van der Waals surface area contributed by atoms with Crippen molar-refractivity contribution in [2.45, 2.75) is 51.2 Å². The number of carbonyl (C=O) groups excluding carboxylic acids is 2. The van der Waals surface area contributed by atoms with E-state index in [1.54, 1.807) is 45.0 Å². The second-order valence-electron chi connectivity index (χ2n) is 7.60. The second kappa shape index (κ2) is 8.64. The number of rotatable bonds is 7. The number of amides is 2. The third kappa shape index (κ3) is 6.42. The predicted octanol–water partition coefficient (Wildman–Crippen LogP) is 1.44. The van der Waals surface area contributed by atoms with E-state index in [-0.39, 0.29) is 30.0 Å². The van der Waals surface area contributed by atoms with Crippen LogP contribution in [0.4, 0.5) is 5.69 Å². The Morgan fingerprint density at radius 2 is 1.65 bits per heavy atom. The lowest BCUT2D eigenvalue weighted by Crippen LogP contribution is -2.46. The van der Waals surface area contributed by atoms with Crippen molar-refractivity contribution >= 4 is 27.3 Å². The molecule has 0 bridgehead atoms. The third-order valence-corrected chi connectivity index (χ3v) is 6.55. The first kappa shape index (κ1) is 22.1. The van der Waals surface area contributed by atoms with E-state index in [0.29, 0.717) is 11.3 Å². The highest BCUT2D eigenvalue weighted by atomic mass is 32.2. The Morgan fingerprint density at radius 1 is 1.12 bits per heavy atom. The van der Waals surface area contributed by atoms with Crippen LogP contribution in [0.25, 0.3) is 0 Å². The number of benzene rings is 1. The molecule has 26 heavy (non-hydrogen) atoms. The van der Waals surface area contributed by atoms with Gasteiger partial charge in [0.05, 0.1) is 23.1 Å². The van der Waals surface area contributed by atoms with Gasteiger partial charge < -0.3 is 16.4 Å². The monoisotopic (exact) mass is 383 g/mol. The Bertz CT molecular complexity index is 735. The second-order valence-corrected chi connectivity index (χ2v) is 10.3. The fourth-order valence-corrected chi connectivity index (χ4v) is 2.98. The van der Waals surface area contributed by atoms with Crippen molar-refractivity contribution in [1.29, 1.82) is 0 Å². The number of nitrogens with two attached hydrogens (primary N) is 1. The standard InChI is InChI=1S/C18H29N3O4S/c1-12(2)16(19)17(23)20-10-15(22)21-14-8-6-13(7-9-14)11-26(24,25)18(3,4)5/h6-9,12,16H,10-11,19H2,1-5H3,(H,20,23)(H,21,22)/t16-/m0/s1. The fourth-order valence-electron chi connectivity index (χ4n) is 1.91. The molecule has 0 heterocycles. The van der Waals surface area contributed by atoms with Crippen LogP contribution in [0.2, 0.25) is 0 Å². The zero-order valence-electron chi connectivity index (χ0n) is 16.0. The van der Waals surface area contributed by atoms with Gasteiger partial charge in [0.25, 0.3) is 0 Å². The molecule has 0 aliphatic rings. The molecule has 146 valence electrons. The lowest BCUT2D eigenvalue weighted by molar-refractivity contribution is -0.125. The van der Waals surface area contributed by atoms with Gasteiger partial charge >= 0.3 is 0 Å². The van der Waals surface area contributed by atoms with Gasteiger partial charge in [-0.05, 0) is 44.4 Å². The average molecular weight is 384 g/mol. The van der Waals surface area contributed by atoms with Crippen molar-refractivity contribution in [2.75, 3.05) is 11.9 Å². The van der Waals surface area contributed by atoms with Gasteiger partial charge in [0.2, 0.25) is 11.8 Å². The van der Waals surface area contributed by atoms with E-state index in [1.807, 2.05) is 13.8 Å². The predicted molar refractivity (Wildman–Crippen MR) is 103 cm³/mol. The molecule has 8 heteroatoms. The molecule has 0 spiro atoms. The van der Waals surface area contributed by atoms with E-state index in [4.69, 9.17) is 5.73 Å². The summed E-state index contributed by atoms with van der Waals surface area (Å²) in [5, 5.41) is 5.13. The highest BCUT2D eigenvalue weighted by Crippen LogP contribution is 2.21. The number of nitrogens with one attached hydrogen (secondary N) is 2. The SMILES string of the molecule is CC(C)[C@H](N)C(=O)NCC(=O)Nc1ccc(CS(=O)(=O)C(C)(C)C)cc1. The van der Waals surface area contributed by atoms with Crippen LogP contribution in [0.1, 0.15) is 40.2 Å². The van der Waals surface area contributed by atoms with E-state index in [9.17, 15) is 18.0 Å². The minimum Gasteiger partial charge on any atom is -0.346 e. The molecule has 4 N–H and O–H groups in total. The Balaban J connectivity index is 2.60. The van der Waals surface area contributed by atoms with Gasteiger partial charge in [-0.3, -0.25) is 9.59 Å². The van der Waals surface area contributed by atoms with E-state index in [0.717, 1.165) is 0 Å². The maximum absolute atomic E-state index is 12.2. The summed E-state index contributed by atoms with van der Waals surface area (Å²) in [4.78, 5) is 23.6. The topological polar surface area (TPSA) is 118 Å². The molecule has 7 nitrogen and oxygen atoms in total. The summed E-state index contributed by atoms with van der Waals surface area (Å²) >= 11 is 0. The molecule has 0 unspecified atom stereocenters. The first-order valence-corrected chi connectivity index (χ1v) is 10.1. The molecule has 1 aromatic rings. The number of anilines is 1. The third-order valence-electron chi connectivity index (χ3n) is 3.97. The minimum atomic E-state index is -3.27.